The van der Waals surface area contributed by atoms with Gasteiger partial charge in [-0.1, -0.05) is 12.1 Å². The smallest absolute Gasteiger partial charge is 0.248 e. The number of likely N-dealkylation sites (N-methyl/N-ethyl adjacent to an activating group) is 1. The van der Waals surface area contributed by atoms with Crippen LogP contribution in [0.15, 0.2) is 66.9 Å². The normalized spacial score (nSPS) is 13.0. The predicted molar refractivity (Wildman–Crippen MR) is 125 cm³/mol. The van der Waals surface area contributed by atoms with Crippen molar-refractivity contribution in [1.29, 1.82) is 0 Å². The lowest BCUT2D eigenvalue weighted by Gasteiger charge is -2.18. The van der Waals surface area contributed by atoms with Crippen molar-refractivity contribution in [2.75, 3.05) is 36.2 Å². The summed E-state index contributed by atoms with van der Waals surface area (Å²) in [6.07, 6.45) is 5.03. The number of rotatable bonds is 7. The molecule has 4 rings (SSSR count). The van der Waals surface area contributed by atoms with E-state index in [0.717, 1.165) is 0 Å². The molecule has 1 aromatic heterocycles. The van der Waals surface area contributed by atoms with Gasteiger partial charge in [-0.05, 0) is 56.6 Å². The number of amides is 2. The Balaban J connectivity index is 1.55. The molecule has 0 radical (unpaired) electrons. The maximum absolute atomic E-state index is 13.2. The van der Waals surface area contributed by atoms with Crippen LogP contribution in [0.2, 0.25) is 0 Å². The molecule has 0 fully saturated rings. The van der Waals surface area contributed by atoms with Crippen LogP contribution < -0.4 is 15.5 Å². The molecule has 0 unspecified atom stereocenters. The Bertz CT molecular complexity index is 1210. The summed E-state index contributed by atoms with van der Waals surface area (Å²) < 4.78 is 13.2. The Morgan fingerprint density at radius 1 is 1.18 bits per heavy atom. The molecule has 0 atom stereocenters. The second-order valence-corrected chi connectivity index (χ2v) is 7.78. The second-order valence-electron chi connectivity index (χ2n) is 7.78. The summed E-state index contributed by atoms with van der Waals surface area (Å²) in [7, 11) is 3.83. The van der Waals surface area contributed by atoms with E-state index in [4.69, 9.17) is 0 Å². The summed E-state index contributed by atoms with van der Waals surface area (Å²) in [6.45, 7) is 0.653. The van der Waals surface area contributed by atoms with Crippen molar-refractivity contribution < 1.29 is 14.0 Å². The summed E-state index contributed by atoms with van der Waals surface area (Å²) in [4.78, 5) is 37.2. The molecule has 2 aromatic carbocycles. The first-order valence-corrected chi connectivity index (χ1v) is 10.3. The summed E-state index contributed by atoms with van der Waals surface area (Å²) in [5, 5.41) is 5.83. The molecule has 9 heteroatoms. The van der Waals surface area contributed by atoms with Gasteiger partial charge in [-0.25, -0.2) is 9.37 Å². The quantitative estimate of drug-likeness (QED) is 0.539. The maximum Gasteiger partial charge on any atom is 0.248 e. The van der Waals surface area contributed by atoms with E-state index >= 15 is 0 Å². The Kier molecular flexibility index (Phi) is 6.41. The van der Waals surface area contributed by atoms with Gasteiger partial charge in [-0.2, -0.15) is 4.98 Å². The van der Waals surface area contributed by atoms with E-state index in [-0.39, 0.29) is 30.0 Å². The molecule has 33 heavy (non-hydrogen) atoms. The standard InChI is InChI=1S/C24H23FN6O2/c1-30(2)12-4-7-21(32)27-19-5-3-6-20(14-19)31-22(33)13-16-15-26-24(29-23(16)31)28-18-10-8-17(25)9-11-18/h3-11,14-15H,12-13H2,1-2H3,(H,27,32)(H,26,28,29)/b7-4+. The van der Waals surface area contributed by atoms with Gasteiger partial charge >= 0.3 is 0 Å². The van der Waals surface area contributed by atoms with E-state index in [1.165, 1.54) is 23.1 Å². The number of nitrogens with one attached hydrogen (secondary N) is 2. The van der Waals surface area contributed by atoms with Crippen molar-refractivity contribution in [2.45, 2.75) is 6.42 Å². The number of aromatic nitrogens is 2. The molecule has 0 bridgehead atoms. The van der Waals surface area contributed by atoms with Crippen LogP contribution in [0.1, 0.15) is 5.56 Å². The van der Waals surface area contributed by atoms with Gasteiger partial charge in [0.25, 0.3) is 0 Å². The zero-order valence-corrected chi connectivity index (χ0v) is 18.2. The maximum atomic E-state index is 13.2. The number of fused-ring (bicyclic) bond motifs is 1. The Morgan fingerprint density at radius 3 is 2.73 bits per heavy atom. The average molecular weight is 446 g/mol. The molecule has 8 nitrogen and oxygen atoms in total. The van der Waals surface area contributed by atoms with Crippen LogP contribution in [0.25, 0.3) is 0 Å². The minimum Gasteiger partial charge on any atom is -0.324 e. The SMILES string of the molecule is CN(C)C/C=C/C(=O)Nc1cccc(N2C(=O)Cc3cnc(Nc4ccc(F)cc4)nc32)c1. The van der Waals surface area contributed by atoms with Crippen LogP contribution >= 0.6 is 0 Å². The monoisotopic (exact) mass is 446 g/mol. The predicted octanol–water partition coefficient (Wildman–Crippen LogP) is 3.64. The first-order valence-electron chi connectivity index (χ1n) is 10.3. The van der Waals surface area contributed by atoms with Gasteiger partial charge in [0.2, 0.25) is 17.8 Å². The van der Waals surface area contributed by atoms with E-state index in [1.807, 2.05) is 19.0 Å². The summed E-state index contributed by atoms with van der Waals surface area (Å²) in [5.41, 5.74) is 2.47. The van der Waals surface area contributed by atoms with Gasteiger partial charge in [0.1, 0.15) is 11.6 Å². The van der Waals surface area contributed by atoms with Crippen molar-refractivity contribution >= 4 is 40.6 Å². The van der Waals surface area contributed by atoms with Crippen LogP contribution in [0.4, 0.5) is 33.2 Å². The van der Waals surface area contributed by atoms with Crippen molar-refractivity contribution in [3.05, 3.63) is 78.3 Å². The van der Waals surface area contributed by atoms with Crippen molar-refractivity contribution in [2.24, 2.45) is 0 Å². The fourth-order valence-corrected chi connectivity index (χ4v) is 3.34. The zero-order valence-electron chi connectivity index (χ0n) is 18.2. The molecule has 0 saturated heterocycles. The number of carbonyl (C=O) groups is 2. The van der Waals surface area contributed by atoms with Gasteiger partial charge in [-0.15, -0.1) is 0 Å². The fourth-order valence-electron chi connectivity index (χ4n) is 3.34. The lowest BCUT2D eigenvalue weighted by Crippen LogP contribution is -2.22. The number of hydrogen-bond donors (Lipinski definition) is 2. The summed E-state index contributed by atoms with van der Waals surface area (Å²) >= 11 is 0. The molecular weight excluding hydrogens is 423 g/mol. The van der Waals surface area contributed by atoms with Crippen LogP contribution in [-0.2, 0) is 16.0 Å². The zero-order chi connectivity index (χ0) is 23.4. The molecule has 0 aliphatic carbocycles. The Hall–Kier alpha value is -4.11. The molecule has 1 aliphatic rings. The summed E-state index contributed by atoms with van der Waals surface area (Å²) in [5.74, 6) is 0.0136. The molecule has 0 saturated carbocycles. The lowest BCUT2D eigenvalue weighted by molar-refractivity contribution is -0.116. The molecule has 2 amide bonds. The van der Waals surface area contributed by atoms with Crippen LogP contribution in [-0.4, -0.2) is 47.3 Å². The van der Waals surface area contributed by atoms with Crippen molar-refractivity contribution in [1.82, 2.24) is 14.9 Å². The van der Waals surface area contributed by atoms with E-state index < -0.39 is 0 Å². The molecular formula is C24H23FN6O2. The molecule has 168 valence electrons. The molecule has 0 spiro atoms. The van der Waals surface area contributed by atoms with Gasteiger partial charge in [0.15, 0.2) is 0 Å². The van der Waals surface area contributed by atoms with E-state index in [0.29, 0.717) is 35.0 Å². The highest BCUT2D eigenvalue weighted by molar-refractivity contribution is 6.07. The largest absolute Gasteiger partial charge is 0.324 e. The average Bonchev–Trinajstić information content (AvgIpc) is 3.10. The van der Waals surface area contributed by atoms with E-state index in [2.05, 4.69) is 20.6 Å². The Morgan fingerprint density at radius 2 is 1.97 bits per heavy atom. The number of hydrogen-bond acceptors (Lipinski definition) is 6. The first-order chi connectivity index (χ1) is 15.9. The minimum absolute atomic E-state index is 0.146. The number of carbonyl (C=O) groups excluding carboxylic acids is 2. The van der Waals surface area contributed by atoms with Crippen LogP contribution in [0, 0.1) is 5.82 Å². The third-order valence-corrected chi connectivity index (χ3v) is 4.86. The topological polar surface area (TPSA) is 90.5 Å². The van der Waals surface area contributed by atoms with E-state index in [9.17, 15) is 14.0 Å². The minimum atomic E-state index is -0.340. The highest BCUT2D eigenvalue weighted by Gasteiger charge is 2.31. The fraction of sp³-hybridized carbons (Fsp3) is 0.167. The van der Waals surface area contributed by atoms with Crippen molar-refractivity contribution in [3.63, 3.8) is 0 Å². The van der Waals surface area contributed by atoms with E-state index in [1.54, 1.807) is 48.7 Å². The number of halogens is 1. The number of nitrogens with zero attached hydrogens (tertiary/aromatic N) is 4. The molecule has 1 aliphatic heterocycles. The van der Waals surface area contributed by atoms with Crippen LogP contribution in [0.5, 0.6) is 0 Å². The molecule has 2 heterocycles. The van der Waals surface area contributed by atoms with Gasteiger partial charge in [0, 0.05) is 35.8 Å². The highest BCUT2D eigenvalue weighted by Crippen LogP contribution is 2.35. The lowest BCUT2D eigenvalue weighted by atomic mass is 10.2. The van der Waals surface area contributed by atoms with Gasteiger partial charge < -0.3 is 15.5 Å². The van der Waals surface area contributed by atoms with Gasteiger partial charge in [0.05, 0.1) is 12.1 Å². The number of anilines is 5. The molecule has 2 N–H and O–H groups in total. The first kappa shape index (κ1) is 22.1. The van der Waals surface area contributed by atoms with Gasteiger partial charge in [-0.3, -0.25) is 14.5 Å². The Labute approximate surface area is 190 Å². The van der Waals surface area contributed by atoms with Crippen molar-refractivity contribution in [3.8, 4) is 0 Å². The third kappa shape index (κ3) is 5.39. The molecule has 3 aromatic rings. The number of benzene rings is 2. The third-order valence-electron chi connectivity index (χ3n) is 4.86. The summed E-state index contributed by atoms with van der Waals surface area (Å²) in [6, 6.07) is 12.8. The van der Waals surface area contributed by atoms with Crippen LogP contribution in [0.3, 0.4) is 0 Å². The second kappa shape index (κ2) is 9.58. The highest BCUT2D eigenvalue weighted by atomic mass is 19.1.